The van der Waals surface area contributed by atoms with E-state index in [-0.39, 0.29) is 17.2 Å². The van der Waals surface area contributed by atoms with Gasteiger partial charge in [-0.1, -0.05) is 15.9 Å². The van der Waals surface area contributed by atoms with Gasteiger partial charge < -0.3 is 4.74 Å². The molecule has 2 aromatic rings. The molecule has 7 heteroatoms. The SMILES string of the molecule is O=[N+]([O-])c1ccc(Oc2cc(F)cc(Br)c2)c(F)c1. The smallest absolute Gasteiger partial charge is 0.272 e. The number of non-ortho nitro benzene ring substituents is 1. The Bertz CT molecular complexity index is 629. The van der Waals surface area contributed by atoms with Crippen LogP contribution in [0.1, 0.15) is 0 Å². The normalized spacial score (nSPS) is 10.3. The molecule has 0 N–H and O–H groups in total. The third-order valence-corrected chi connectivity index (χ3v) is 2.65. The van der Waals surface area contributed by atoms with Crippen LogP contribution in [-0.2, 0) is 0 Å². The molecule has 0 fully saturated rings. The summed E-state index contributed by atoms with van der Waals surface area (Å²) in [6.07, 6.45) is 0. The molecule has 0 saturated carbocycles. The van der Waals surface area contributed by atoms with Crippen molar-refractivity contribution in [3.05, 3.63) is 62.6 Å². The van der Waals surface area contributed by atoms with Crippen LogP contribution in [0.4, 0.5) is 14.5 Å². The third-order valence-electron chi connectivity index (χ3n) is 2.19. The lowest BCUT2D eigenvalue weighted by Gasteiger charge is -2.07. The number of nitrogens with zero attached hydrogens (tertiary/aromatic N) is 1. The molecule has 2 rings (SSSR count). The van der Waals surface area contributed by atoms with E-state index < -0.39 is 16.6 Å². The predicted molar refractivity (Wildman–Crippen MR) is 67.2 cm³/mol. The Morgan fingerprint density at radius 3 is 2.47 bits per heavy atom. The third kappa shape index (κ3) is 3.25. The minimum absolute atomic E-state index is 0.0830. The fourth-order valence-electron chi connectivity index (χ4n) is 1.40. The van der Waals surface area contributed by atoms with Crippen molar-refractivity contribution < 1.29 is 18.4 Å². The van der Waals surface area contributed by atoms with Crippen LogP contribution in [0, 0.1) is 21.7 Å². The van der Waals surface area contributed by atoms with Crippen LogP contribution in [0.25, 0.3) is 0 Å². The van der Waals surface area contributed by atoms with Gasteiger partial charge in [0.2, 0.25) is 0 Å². The van der Waals surface area contributed by atoms with Crippen LogP contribution < -0.4 is 4.74 Å². The molecule has 0 bridgehead atoms. The van der Waals surface area contributed by atoms with Gasteiger partial charge in [-0.05, 0) is 18.2 Å². The number of hydrogen-bond acceptors (Lipinski definition) is 3. The van der Waals surface area contributed by atoms with Gasteiger partial charge in [0.05, 0.1) is 11.0 Å². The average molecular weight is 330 g/mol. The zero-order valence-electron chi connectivity index (χ0n) is 9.27. The van der Waals surface area contributed by atoms with Gasteiger partial charge in [0, 0.05) is 16.6 Å². The second kappa shape index (κ2) is 5.31. The molecule has 0 aliphatic rings. The summed E-state index contributed by atoms with van der Waals surface area (Å²) in [7, 11) is 0. The Balaban J connectivity index is 2.30. The Kier molecular flexibility index (Phi) is 3.75. The number of halogens is 3. The van der Waals surface area contributed by atoms with Crippen LogP contribution in [0.5, 0.6) is 11.5 Å². The van der Waals surface area contributed by atoms with E-state index in [1.165, 1.54) is 12.1 Å². The van der Waals surface area contributed by atoms with Crippen molar-refractivity contribution in [3.8, 4) is 11.5 Å². The number of benzene rings is 2. The van der Waals surface area contributed by atoms with E-state index in [9.17, 15) is 18.9 Å². The van der Waals surface area contributed by atoms with Gasteiger partial charge in [-0.25, -0.2) is 8.78 Å². The molecule has 0 radical (unpaired) electrons. The molecule has 98 valence electrons. The van der Waals surface area contributed by atoms with Crippen molar-refractivity contribution in [2.75, 3.05) is 0 Å². The van der Waals surface area contributed by atoms with Crippen molar-refractivity contribution in [1.29, 1.82) is 0 Å². The Labute approximate surface area is 114 Å². The quantitative estimate of drug-likeness (QED) is 0.618. The number of rotatable bonds is 3. The zero-order chi connectivity index (χ0) is 14.0. The van der Waals surface area contributed by atoms with Crippen molar-refractivity contribution in [1.82, 2.24) is 0 Å². The van der Waals surface area contributed by atoms with Crippen molar-refractivity contribution >= 4 is 21.6 Å². The van der Waals surface area contributed by atoms with Crippen molar-refractivity contribution in [3.63, 3.8) is 0 Å². The molecular weight excluding hydrogens is 324 g/mol. The highest BCUT2D eigenvalue weighted by molar-refractivity contribution is 9.10. The van der Waals surface area contributed by atoms with Crippen LogP contribution in [0.3, 0.4) is 0 Å². The highest BCUT2D eigenvalue weighted by Gasteiger charge is 2.12. The molecule has 0 aromatic heterocycles. The van der Waals surface area contributed by atoms with E-state index in [1.54, 1.807) is 0 Å². The number of nitro benzene ring substituents is 1. The van der Waals surface area contributed by atoms with Gasteiger partial charge >= 0.3 is 0 Å². The summed E-state index contributed by atoms with van der Waals surface area (Å²) in [5.74, 6) is -1.58. The van der Waals surface area contributed by atoms with Crippen LogP contribution in [-0.4, -0.2) is 4.92 Å². The maximum absolute atomic E-state index is 13.6. The fraction of sp³-hybridized carbons (Fsp3) is 0. The highest BCUT2D eigenvalue weighted by atomic mass is 79.9. The van der Waals surface area contributed by atoms with Gasteiger partial charge in [0.25, 0.3) is 5.69 Å². The molecule has 0 saturated heterocycles. The lowest BCUT2D eigenvalue weighted by Crippen LogP contribution is -1.93. The minimum atomic E-state index is -0.894. The van der Waals surface area contributed by atoms with E-state index in [2.05, 4.69) is 15.9 Å². The summed E-state index contributed by atoms with van der Waals surface area (Å²) < 4.78 is 32.2. The lowest BCUT2D eigenvalue weighted by atomic mass is 10.3. The van der Waals surface area contributed by atoms with Gasteiger partial charge in [-0.3, -0.25) is 10.1 Å². The van der Waals surface area contributed by atoms with E-state index in [0.29, 0.717) is 4.47 Å². The van der Waals surface area contributed by atoms with E-state index in [1.807, 2.05) is 0 Å². The first-order valence-corrected chi connectivity index (χ1v) is 5.83. The number of ether oxygens (including phenoxy) is 1. The minimum Gasteiger partial charge on any atom is -0.454 e. The predicted octanol–water partition coefficient (Wildman–Crippen LogP) is 4.43. The molecule has 0 heterocycles. The van der Waals surface area contributed by atoms with Crippen LogP contribution in [0.15, 0.2) is 40.9 Å². The summed E-state index contributed by atoms with van der Waals surface area (Å²) >= 11 is 3.07. The Morgan fingerprint density at radius 2 is 1.89 bits per heavy atom. The second-order valence-corrected chi connectivity index (χ2v) is 4.49. The molecule has 4 nitrogen and oxygen atoms in total. The second-order valence-electron chi connectivity index (χ2n) is 3.58. The summed E-state index contributed by atoms with van der Waals surface area (Å²) in [4.78, 5) is 9.74. The number of hydrogen-bond donors (Lipinski definition) is 0. The van der Waals surface area contributed by atoms with Gasteiger partial charge in [-0.15, -0.1) is 0 Å². The summed E-state index contributed by atoms with van der Waals surface area (Å²) in [6, 6.07) is 6.71. The molecular formula is C12H6BrF2NO3. The van der Waals surface area contributed by atoms with E-state index in [0.717, 1.165) is 24.3 Å². The first-order chi connectivity index (χ1) is 8.95. The molecule has 0 aliphatic heterocycles. The van der Waals surface area contributed by atoms with Gasteiger partial charge in [0.1, 0.15) is 11.6 Å². The first kappa shape index (κ1) is 13.4. The average Bonchev–Trinajstić information content (AvgIpc) is 2.30. The summed E-state index contributed by atoms with van der Waals surface area (Å²) in [5, 5.41) is 10.5. The fourth-order valence-corrected chi connectivity index (χ4v) is 1.84. The molecule has 0 unspecified atom stereocenters. The van der Waals surface area contributed by atoms with Crippen LogP contribution in [0.2, 0.25) is 0 Å². The molecule has 19 heavy (non-hydrogen) atoms. The zero-order valence-corrected chi connectivity index (χ0v) is 10.9. The Morgan fingerprint density at radius 1 is 1.16 bits per heavy atom. The molecule has 0 atom stereocenters. The van der Waals surface area contributed by atoms with Crippen molar-refractivity contribution in [2.45, 2.75) is 0 Å². The monoisotopic (exact) mass is 329 g/mol. The topological polar surface area (TPSA) is 52.4 Å². The summed E-state index contributed by atoms with van der Waals surface area (Å²) in [6.45, 7) is 0. The first-order valence-electron chi connectivity index (χ1n) is 5.03. The van der Waals surface area contributed by atoms with Crippen molar-refractivity contribution in [2.24, 2.45) is 0 Å². The largest absolute Gasteiger partial charge is 0.454 e. The molecule has 0 aliphatic carbocycles. The molecule has 2 aromatic carbocycles. The maximum atomic E-state index is 13.6. The lowest BCUT2D eigenvalue weighted by molar-refractivity contribution is -0.385. The van der Waals surface area contributed by atoms with Crippen LogP contribution >= 0.6 is 15.9 Å². The molecule has 0 spiro atoms. The molecule has 0 amide bonds. The van der Waals surface area contributed by atoms with E-state index >= 15 is 0 Å². The number of nitro groups is 1. The van der Waals surface area contributed by atoms with Gasteiger partial charge in [-0.2, -0.15) is 0 Å². The maximum Gasteiger partial charge on any atom is 0.272 e. The van der Waals surface area contributed by atoms with Gasteiger partial charge in [0.15, 0.2) is 11.6 Å². The summed E-state index contributed by atoms with van der Waals surface area (Å²) in [5.41, 5.74) is -0.384. The highest BCUT2D eigenvalue weighted by Crippen LogP contribution is 2.29. The Hall–Kier alpha value is -2.02. The standard InChI is InChI=1S/C12H6BrF2NO3/c13-7-3-8(14)5-10(4-7)19-12-2-1-9(16(17)18)6-11(12)15/h1-6H. The van der Waals surface area contributed by atoms with E-state index in [4.69, 9.17) is 4.74 Å².